The number of aliphatic carboxylic acids is 1. The fourth-order valence-corrected chi connectivity index (χ4v) is 2.10. The summed E-state index contributed by atoms with van der Waals surface area (Å²) >= 11 is 0. The molecule has 1 aromatic rings. The molecule has 108 valence electrons. The molecular formula is C13H13F2NO4. The lowest BCUT2D eigenvalue weighted by molar-refractivity contribution is -0.141. The van der Waals surface area contributed by atoms with E-state index in [2.05, 4.69) is 4.74 Å². The van der Waals surface area contributed by atoms with Crippen LogP contribution in [-0.4, -0.2) is 30.1 Å². The minimum atomic E-state index is -2.95. The highest BCUT2D eigenvalue weighted by Crippen LogP contribution is 2.30. The third-order valence-electron chi connectivity index (χ3n) is 3.17. The number of rotatable bonds is 4. The molecule has 0 bridgehead atoms. The predicted molar refractivity (Wildman–Crippen MR) is 65.9 cm³/mol. The number of carbonyl (C=O) groups excluding carboxylic acids is 1. The molecule has 0 aliphatic carbocycles. The van der Waals surface area contributed by atoms with Gasteiger partial charge in [-0.3, -0.25) is 9.59 Å². The molecule has 0 spiro atoms. The Kier molecular flexibility index (Phi) is 3.87. The van der Waals surface area contributed by atoms with Gasteiger partial charge in [-0.1, -0.05) is 6.07 Å². The zero-order valence-electron chi connectivity index (χ0n) is 10.7. The van der Waals surface area contributed by atoms with Crippen molar-refractivity contribution < 1.29 is 28.2 Å². The van der Waals surface area contributed by atoms with Crippen molar-refractivity contribution >= 4 is 17.6 Å². The van der Waals surface area contributed by atoms with E-state index in [1.165, 1.54) is 11.0 Å². The number of aryl methyl sites for hydroxylation is 1. The van der Waals surface area contributed by atoms with Gasteiger partial charge in [0.1, 0.15) is 5.75 Å². The molecule has 0 radical (unpaired) electrons. The number of carboxylic acids is 1. The van der Waals surface area contributed by atoms with Gasteiger partial charge in [0.25, 0.3) is 0 Å². The second-order valence-electron chi connectivity index (χ2n) is 4.57. The van der Waals surface area contributed by atoms with Gasteiger partial charge in [0.15, 0.2) is 0 Å². The lowest BCUT2D eigenvalue weighted by atomic mass is 10.1. The molecule has 1 aromatic carbocycles. The van der Waals surface area contributed by atoms with Crippen LogP contribution < -0.4 is 9.64 Å². The van der Waals surface area contributed by atoms with Crippen LogP contribution in [0.2, 0.25) is 0 Å². The van der Waals surface area contributed by atoms with Crippen LogP contribution in [0.3, 0.4) is 0 Å². The number of halogens is 2. The number of amides is 1. The van der Waals surface area contributed by atoms with E-state index in [0.717, 1.165) is 0 Å². The second kappa shape index (κ2) is 5.44. The Labute approximate surface area is 113 Å². The molecule has 1 heterocycles. The number of alkyl halides is 2. The number of benzene rings is 1. The van der Waals surface area contributed by atoms with E-state index >= 15 is 0 Å². The van der Waals surface area contributed by atoms with Gasteiger partial charge in [0.2, 0.25) is 5.91 Å². The fraction of sp³-hybridized carbons (Fsp3) is 0.385. The largest absolute Gasteiger partial charge is 0.481 e. The Balaban J connectivity index is 2.25. The Morgan fingerprint density at radius 3 is 2.75 bits per heavy atom. The molecule has 2 rings (SSSR count). The van der Waals surface area contributed by atoms with Crippen LogP contribution in [-0.2, 0) is 9.59 Å². The molecule has 1 unspecified atom stereocenters. The van der Waals surface area contributed by atoms with Crippen LogP contribution in [0.4, 0.5) is 14.5 Å². The van der Waals surface area contributed by atoms with E-state index in [9.17, 15) is 18.4 Å². The summed E-state index contributed by atoms with van der Waals surface area (Å²) in [6, 6.07) is 4.45. The first-order valence-corrected chi connectivity index (χ1v) is 5.97. The average Bonchev–Trinajstić information content (AvgIpc) is 2.74. The summed E-state index contributed by atoms with van der Waals surface area (Å²) in [6.07, 6.45) is -0.0890. The summed E-state index contributed by atoms with van der Waals surface area (Å²) in [6.45, 7) is -1.32. The highest BCUT2D eigenvalue weighted by atomic mass is 19.3. The number of hydrogen-bond donors (Lipinski definition) is 1. The summed E-state index contributed by atoms with van der Waals surface area (Å²) in [5.41, 5.74) is 0.871. The van der Waals surface area contributed by atoms with Crippen LogP contribution in [0.25, 0.3) is 0 Å². The fourth-order valence-electron chi connectivity index (χ4n) is 2.10. The summed E-state index contributed by atoms with van der Waals surface area (Å²) < 4.78 is 28.9. The normalized spacial score (nSPS) is 18.7. The van der Waals surface area contributed by atoms with Crippen molar-refractivity contribution in [3.8, 4) is 5.75 Å². The van der Waals surface area contributed by atoms with Crippen molar-refractivity contribution in [2.45, 2.75) is 20.0 Å². The Hall–Kier alpha value is -2.18. The second-order valence-corrected chi connectivity index (χ2v) is 4.57. The lowest BCUT2D eigenvalue weighted by Crippen LogP contribution is -2.25. The maximum absolute atomic E-state index is 12.3. The minimum absolute atomic E-state index is 0.0240. The van der Waals surface area contributed by atoms with Crippen LogP contribution in [0.5, 0.6) is 5.75 Å². The van der Waals surface area contributed by atoms with E-state index in [4.69, 9.17) is 5.11 Å². The SMILES string of the molecule is Cc1ccc(N2CC(C(=O)O)CC2=O)cc1OC(F)F. The van der Waals surface area contributed by atoms with Crippen LogP contribution in [0.15, 0.2) is 18.2 Å². The smallest absolute Gasteiger partial charge is 0.387 e. The number of nitrogens with zero attached hydrogens (tertiary/aromatic N) is 1. The van der Waals surface area contributed by atoms with Crippen LogP contribution in [0.1, 0.15) is 12.0 Å². The number of anilines is 1. The molecule has 0 saturated carbocycles. The first kappa shape index (κ1) is 14.2. The monoisotopic (exact) mass is 285 g/mol. The maximum Gasteiger partial charge on any atom is 0.387 e. The first-order valence-electron chi connectivity index (χ1n) is 5.97. The third-order valence-corrected chi connectivity index (χ3v) is 3.17. The van der Waals surface area contributed by atoms with Gasteiger partial charge < -0.3 is 14.7 Å². The topological polar surface area (TPSA) is 66.8 Å². The Morgan fingerprint density at radius 1 is 1.50 bits per heavy atom. The molecule has 1 aliphatic heterocycles. The van der Waals surface area contributed by atoms with Gasteiger partial charge in [0, 0.05) is 24.7 Å². The zero-order valence-corrected chi connectivity index (χ0v) is 10.7. The van der Waals surface area contributed by atoms with Gasteiger partial charge in [0.05, 0.1) is 5.92 Å². The summed E-state index contributed by atoms with van der Waals surface area (Å²) in [4.78, 5) is 23.9. The van der Waals surface area contributed by atoms with Crippen molar-refractivity contribution in [1.82, 2.24) is 0 Å². The first-order chi connectivity index (χ1) is 9.38. The molecule has 0 aromatic heterocycles. The molecule has 1 aliphatic rings. The summed E-state index contributed by atoms with van der Waals surface area (Å²) in [5, 5.41) is 8.91. The average molecular weight is 285 g/mol. The van der Waals surface area contributed by atoms with Crippen molar-refractivity contribution in [2.24, 2.45) is 5.92 Å². The van der Waals surface area contributed by atoms with Crippen LogP contribution in [0, 0.1) is 12.8 Å². The zero-order chi connectivity index (χ0) is 14.9. The highest BCUT2D eigenvalue weighted by molar-refractivity contribution is 5.99. The summed E-state index contributed by atoms with van der Waals surface area (Å²) in [7, 11) is 0. The lowest BCUT2D eigenvalue weighted by Gasteiger charge is -2.18. The van der Waals surface area contributed by atoms with Crippen molar-refractivity contribution in [1.29, 1.82) is 0 Å². The molecule has 1 N–H and O–H groups in total. The van der Waals surface area contributed by atoms with Gasteiger partial charge >= 0.3 is 12.6 Å². The van der Waals surface area contributed by atoms with Gasteiger partial charge in [-0.05, 0) is 18.6 Å². The van der Waals surface area contributed by atoms with Crippen molar-refractivity contribution in [3.63, 3.8) is 0 Å². The Bertz CT molecular complexity index is 547. The van der Waals surface area contributed by atoms with E-state index in [-0.39, 0.29) is 24.6 Å². The number of carbonyl (C=O) groups is 2. The van der Waals surface area contributed by atoms with Crippen molar-refractivity contribution in [2.75, 3.05) is 11.4 Å². The number of hydrogen-bond acceptors (Lipinski definition) is 3. The molecule has 1 amide bonds. The van der Waals surface area contributed by atoms with E-state index in [1.807, 2.05) is 0 Å². The van der Waals surface area contributed by atoms with Crippen LogP contribution >= 0.6 is 0 Å². The highest BCUT2D eigenvalue weighted by Gasteiger charge is 2.35. The number of carboxylic acid groups (broad SMARTS) is 1. The summed E-state index contributed by atoms with van der Waals surface area (Å²) in [5.74, 6) is -2.19. The standard InChI is InChI=1S/C13H13F2NO4/c1-7-2-3-9(5-10(7)20-13(14)15)16-6-8(12(18)19)4-11(16)17/h2-3,5,8,13H,4,6H2,1H3,(H,18,19). The molecule has 5 nitrogen and oxygen atoms in total. The molecule has 1 saturated heterocycles. The van der Waals surface area contributed by atoms with E-state index in [0.29, 0.717) is 11.3 Å². The number of ether oxygens (including phenoxy) is 1. The molecule has 1 atom stereocenters. The van der Waals surface area contributed by atoms with Crippen molar-refractivity contribution in [3.05, 3.63) is 23.8 Å². The molecule has 1 fully saturated rings. The molecule has 20 heavy (non-hydrogen) atoms. The van der Waals surface area contributed by atoms with E-state index < -0.39 is 18.5 Å². The molecule has 7 heteroatoms. The van der Waals surface area contributed by atoms with Gasteiger partial charge in [-0.2, -0.15) is 8.78 Å². The minimum Gasteiger partial charge on any atom is -0.481 e. The van der Waals surface area contributed by atoms with Gasteiger partial charge in [-0.15, -0.1) is 0 Å². The van der Waals surface area contributed by atoms with Gasteiger partial charge in [-0.25, -0.2) is 0 Å². The maximum atomic E-state index is 12.3. The predicted octanol–water partition coefficient (Wildman–Crippen LogP) is 2.03. The third kappa shape index (κ3) is 2.87. The Morgan fingerprint density at radius 2 is 2.20 bits per heavy atom. The van der Waals surface area contributed by atoms with E-state index in [1.54, 1.807) is 19.1 Å². The molecular weight excluding hydrogens is 272 g/mol. The quantitative estimate of drug-likeness (QED) is 0.919.